The standard InChI is InChI=1S/C17H25N3O2/c1-13-6-7-14(11-18)10-15(13)19-16(22)20(8-5-9-21)12-17(2,3)4/h6-7,10,21H,5,8-9,12H2,1-4H3,(H,19,22). The van der Waals surface area contributed by atoms with E-state index in [1.165, 1.54) is 0 Å². The van der Waals surface area contributed by atoms with Gasteiger partial charge in [0.05, 0.1) is 11.6 Å². The molecule has 1 rings (SSSR count). The highest BCUT2D eigenvalue weighted by molar-refractivity contribution is 5.90. The van der Waals surface area contributed by atoms with Crippen molar-refractivity contribution in [3.63, 3.8) is 0 Å². The molecule has 2 amide bonds. The molecule has 0 aromatic heterocycles. The third kappa shape index (κ3) is 5.74. The van der Waals surface area contributed by atoms with E-state index < -0.39 is 0 Å². The van der Waals surface area contributed by atoms with E-state index in [0.29, 0.717) is 30.8 Å². The van der Waals surface area contributed by atoms with E-state index in [1.54, 1.807) is 17.0 Å². The molecule has 1 aromatic rings. The van der Waals surface area contributed by atoms with Crippen molar-refractivity contribution in [2.45, 2.75) is 34.1 Å². The van der Waals surface area contributed by atoms with Gasteiger partial charge in [0.25, 0.3) is 0 Å². The number of urea groups is 1. The molecule has 0 atom stereocenters. The summed E-state index contributed by atoms with van der Waals surface area (Å²) in [5, 5.41) is 20.8. The number of aliphatic hydroxyl groups is 1. The first-order chi connectivity index (χ1) is 10.3. The Hall–Kier alpha value is -2.06. The normalized spacial score (nSPS) is 10.9. The molecule has 0 aliphatic heterocycles. The van der Waals surface area contributed by atoms with Crippen molar-refractivity contribution in [2.24, 2.45) is 5.41 Å². The Labute approximate surface area is 132 Å². The molecule has 0 fully saturated rings. The van der Waals surface area contributed by atoms with Crippen LogP contribution in [0.1, 0.15) is 38.3 Å². The number of nitrogens with one attached hydrogen (secondary N) is 1. The fourth-order valence-electron chi connectivity index (χ4n) is 2.11. The summed E-state index contributed by atoms with van der Waals surface area (Å²) in [6.07, 6.45) is 0.542. The molecule has 0 bridgehead atoms. The van der Waals surface area contributed by atoms with Crippen molar-refractivity contribution < 1.29 is 9.90 Å². The molecule has 0 spiro atoms. The minimum atomic E-state index is -0.207. The van der Waals surface area contributed by atoms with Crippen LogP contribution in [0.15, 0.2) is 18.2 Å². The highest BCUT2D eigenvalue weighted by Gasteiger charge is 2.21. The fourth-order valence-corrected chi connectivity index (χ4v) is 2.11. The number of rotatable bonds is 5. The molecule has 0 heterocycles. The Balaban J connectivity index is 2.88. The zero-order valence-corrected chi connectivity index (χ0v) is 13.8. The summed E-state index contributed by atoms with van der Waals surface area (Å²) in [5.74, 6) is 0. The van der Waals surface area contributed by atoms with Crippen molar-refractivity contribution in [1.29, 1.82) is 5.26 Å². The second kappa shape index (κ2) is 7.81. The van der Waals surface area contributed by atoms with Gasteiger partial charge < -0.3 is 15.3 Å². The number of nitrogens with zero attached hydrogens (tertiary/aromatic N) is 2. The summed E-state index contributed by atoms with van der Waals surface area (Å²) < 4.78 is 0. The van der Waals surface area contributed by atoms with Crippen molar-refractivity contribution in [3.8, 4) is 6.07 Å². The lowest BCUT2D eigenvalue weighted by Crippen LogP contribution is -2.41. The van der Waals surface area contributed by atoms with Gasteiger partial charge in [-0.05, 0) is 36.5 Å². The SMILES string of the molecule is Cc1ccc(C#N)cc1NC(=O)N(CCCO)CC(C)(C)C. The highest BCUT2D eigenvalue weighted by Crippen LogP contribution is 2.19. The van der Waals surface area contributed by atoms with Crippen LogP contribution < -0.4 is 5.32 Å². The summed E-state index contributed by atoms with van der Waals surface area (Å²) in [6.45, 7) is 9.22. The number of carbonyl (C=O) groups is 1. The van der Waals surface area contributed by atoms with Crippen LogP contribution in [-0.4, -0.2) is 35.7 Å². The first-order valence-corrected chi connectivity index (χ1v) is 7.44. The molecule has 2 N–H and O–H groups in total. The Morgan fingerprint density at radius 2 is 2.09 bits per heavy atom. The predicted molar refractivity (Wildman–Crippen MR) is 87.6 cm³/mol. The van der Waals surface area contributed by atoms with E-state index in [-0.39, 0.29) is 18.1 Å². The summed E-state index contributed by atoms with van der Waals surface area (Å²) in [6, 6.07) is 7.08. The van der Waals surface area contributed by atoms with Gasteiger partial charge >= 0.3 is 6.03 Å². The maximum Gasteiger partial charge on any atom is 0.321 e. The zero-order valence-electron chi connectivity index (χ0n) is 13.8. The van der Waals surface area contributed by atoms with Gasteiger partial charge in [-0.3, -0.25) is 0 Å². The number of nitriles is 1. The molecule has 5 nitrogen and oxygen atoms in total. The summed E-state index contributed by atoms with van der Waals surface area (Å²) in [5.41, 5.74) is 2.03. The van der Waals surface area contributed by atoms with Gasteiger partial charge in [0.15, 0.2) is 0 Å². The third-order valence-electron chi connectivity index (χ3n) is 3.15. The maximum atomic E-state index is 12.5. The van der Waals surface area contributed by atoms with Crippen LogP contribution in [0.2, 0.25) is 0 Å². The quantitative estimate of drug-likeness (QED) is 0.877. The zero-order chi connectivity index (χ0) is 16.8. The Morgan fingerprint density at radius 3 is 2.64 bits per heavy atom. The number of aliphatic hydroxyl groups excluding tert-OH is 1. The molecule has 0 aliphatic rings. The van der Waals surface area contributed by atoms with Crippen LogP contribution in [0, 0.1) is 23.7 Å². The van der Waals surface area contributed by atoms with Crippen LogP contribution >= 0.6 is 0 Å². The Morgan fingerprint density at radius 1 is 1.41 bits per heavy atom. The second-order valence-corrected chi connectivity index (χ2v) is 6.63. The Bertz CT molecular complexity index is 556. The lowest BCUT2D eigenvalue weighted by Gasteiger charge is -2.30. The molecule has 0 radical (unpaired) electrons. The largest absolute Gasteiger partial charge is 0.396 e. The average Bonchev–Trinajstić information content (AvgIpc) is 2.44. The van der Waals surface area contributed by atoms with Gasteiger partial charge in [-0.1, -0.05) is 26.8 Å². The van der Waals surface area contributed by atoms with Gasteiger partial charge in [-0.15, -0.1) is 0 Å². The predicted octanol–water partition coefficient (Wildman–Crippen LogP) is 3.13. The van der Waals surface area contributed by atoms with Crippen molar-refractivity contribution in [2.75, 3.05) is 25.0 Å². The number of benzene rings is 1. The van der Waals surface area contributed by atoms with E-state index in [9.17, 15) is 4.79 Å². The van der Waals surface area contributed by atoms with Crippen molar-refractivity contribution in [3.05, 3.63) is 29.3 Å². The van der Waals surface area contributed by atoms with Gasteiger partial charge in [-0.25, -0.2) is 4.79 Å². The molecule has 22 heavy (non-hydrogen) atoms. The van der Waals surface area contributed by atoms with E-state index in [2.05, 4.69) is 32.2 Å². The van der Waals surface area contributed by atoms with Crippen LogP contribution in [0.3, 0.4) is 0 Å². The van der Waals surface area contributed by atoms with Crippen LogP contribution in [-0.2, 0) is 0 Å². The van der Waals surface area contributed by atoms with E-state index in [4.69, 9.17) is 10.4 Å². The lowest BCUT2D eigenvalue weighted by atomic mass is 9.96. The molecule has 0 unspecified atom stereocenters. The van der Waals surface area contributed by atoms with Crippen LogP contribution in [0.25, 0.3) is 0 Å². The number of hydrogen-bond acceptors (Lipinski definition) is 3. The molecule has 0 saturated carbocycles. The van der Waals surface area contributed by atoms with Crippen LogP contribution in [0.5, 0.6) is 0 Å². The third-order valence-corrected chi connectivity index (χ3v) is 3.15. The summed E-state index contributed by atoms with van der Waals surface area (Å²) >= 11 is 0. The van der Waals surface area contributed by atoms with Gasteiger partial charge in [0.2, 0.25) is 0 Å². The lowest BCUT2D eigenvalue weighted by molar-refractivity contribution is 0.176. The summed E-state index contributed by atoms with van der Waals surface area (Å²) in [4.78, 5) is 14.2. The Kier molecular flexibility index (Phi) is 6.39. The minimum Gasteiger partial charge on any atom is -0.396 e. The smallest absolute Gasteiger partial charge is 0.321 e. The fraction of sp³-hybridized carbons (Fsp3) is 0.529. The molecule has 5 heteroatoms. The molecular formula is C17H25N3O2. The van der Waals surface area contributed by atoms with Crippen molar-refractivity contribution in [1.82, 2.24) is 4.90 Å². The van der Waals surface area contributed by atoms with Gasteiger partial charge in [-0.2, -0.15) is 5.26 Å². The number of amides is 2. The van der Waals surface area contributed by atoms with Crippen LogP contribution in [0.4, 0.5) is 10.5 Å². The monoisotopic (exact) mass is 303 g/mol. The first kappa shape index (κ1) is 18.0. The van der Waals surface area contributed by atoms with E-state index in [0.717, 1.165) is 5.56 Å². The van der Waals surface area contributed by atoms with E-state index >= 15 is 0 Å². The topological polar surface area (TPSA) is 76.4 Å². The number of anilines is 1. The highest BCUT2D eigenvalue weighted by atomic mass is 16.3. The molecule has 120 valence electrons. The van der Waals surface area contributed by atoms with Gasteiger partial charge in [0, 0.05) is 25.4 Å². The molecule has 0 saturated heterocycles. The number of aryl methyl sites for hydroxylation is 1. The maximum absolute atomic E-state index is 12.5. The second-order valence-electron chi connectivity index (χ2n) is 6.63. The summed E-state index contributed by atoms with van der Waals surface area (Å²) in [7, 11) is 0. The van der Waals surface area contributed by atoms with E-state index in [1.807, 2.05) is 13.0 Å². The first-order valence-electron chi connectivity index (χ1n) is 7.44. The van der Waals surface area contributed by atoms with Crippen molar-refractivity contribution >= 4 is 11.7 Å². The minimum absolute atomic E-state index is 0.0314. The molecule has 1 aromatic carbocycles. The number of hydrogen-bond donors (Lipinski definition) is 2. The molecule has 0 aliphatic carbocycles. The number of carbonyl (C=O) groups excluding carboxylic acids is 1. The molecular weight excluding hydrogens is 278 g/mol. The van der Waals surface area contributed by atoms with Gasteiger partial charge in [0.1, 0.15) is 0 Å². The average molecular weight is 303 g/mol.